The topological polar surface area (TPSA) is 87.5 Å². The molecule has 0 bridgehead atoms. The molecule has 7 heteroatoms. The van der Waals surface area contributed by atoms with Gasteiger partial charge in [0.2, 0.25) is 5.91 Å². The minimum Gasteiger partial charge on any atom is -0.340 e. The molecule has 6 nitrogen and oxygen atoms in total. The Morgan fingerprint density at radius 2 is 1.82 bits per heavy atom. The lowest BCUT2D eigenvalue weighted by Gasteiger charge is -2.25. The van der Waals surface area contributed by atoms with Gasteiger partial charge in [0, 0.05) is 30.9 Å². The van der Waals surface area contributed by atoms with Crippen LogP contribution in [0.25, 0.3) is 0 Å². The van der Waals surface area contributed by atoms with Gasteiger partial charge in [0.1, 0.15) is 5.82 Å². The molecule has 3 atom stereocenters. The van der Waals surface area contributed by atoms with Gasteiger partial charge in [0.25, 0.3) is 0 Å². The first kappa shape index (κ1) is 19.8. The van der Waals surface area contributed by atoms with Crippen molar-refractivity contribution in [2.75, 3.05) is 18.4 Å². The number of carbonyl (C=O) groups excluding carboxylic acids is 2. The number of benzene rings is 2. The zero-order valence-electron chi connectivity index (χ0n) is 15.8. The Balaban J connectivity index is 1.50. The monoisotopic (exact) mass is 384 g/mol. The second-order valence-electron chi connectivity index (χ2n) is 7.10. The van der Waals surface area contributed by atoms with Gasteiger partial charge in [0.15, 0.2) is 0 Å². The molecule has 0 saturated carbocycles. The molecule has 4 N–H and O–H groups in total. The van der Waals surface area contributed by atoms with Crippen LogP contribution < -0.4 is 16.4 Å². The summed E-state index contributed by atoms with van der Waals surface area (Å²) in [6.45, 7) is 2.86. The van der Waals surface area contributed by atoms with Crippen molar-refractivity contribution in [3.63, 3.8) is 0 Å². The predicted octanol–water partition coefficient (Wildman–Crippen LogP) is 2.88. The van der Waals surface area contributed by atoms with Crippen LogP contribution in [-0.4, -0.2) is 36.0 Å². The molecule has 148 valence electrons. The molecule has 1 heterocycles. The summed E-state index contributed by atoms with van der Waals surface area (Å²) in [4.78, 5) is 26.7. The fourth-order valence-corrected chi connectivity index (χ4v) is 3.37. The van der Waals surface area contributed by atoms with Gasteiger partial charge in [0.05, 0.1) is 5.92 Å². The van der Waals surface area contributed by atoms with Crippen molar-refractivity contribution in [2.45, 2.75) is 25.4 Å². The van der Waals surface area contributed by atoms with E-state index in [2.05, 4.69) is 10.6 Å². The molecule has 0 aromatic heterocycles. The van der Waals surface area contributed by atoms with Crippen molar-refractivity contribution in [2.24, 2.45) is 11.7 Å². The number of rotatable bonds is 5. The molecule has 28 heavy (non-hydrogen) atoms. The van der Waals surface area contributed by atoms with Crippen LogP contribution in [0.5, 0.6) is 0 Å². The number of halogens is 1. The molecule has 3 amide bonds. The van der Waals surface area contributed by atoms with Crippen molar-refractivity contribution >= 4 is 17.6 Å². The van der Waals surface area contributed by atoms with E-state index in [1.54, 1.807) is 4.90 Å². The van der Waals surface area contributed by atoms with Crippen molar-refractivity contribution in [1.82, 2.24) is 10.2 Å². The Bertz CT molecular complexity index is 813. The summed E-state index contributed by atoms with van der Waals surface area (Å²) in [5.74, 6) is -0.729. The molecule has 0 aliphatic carbocycles. The number of urea groups is 1. The van der Waals surface area contributed by atoms with Gasteiger partial charge >= 0.3 is 6.03 Å². The van der Waals surface area contributed by atoms with Crippen LogP contribution in [0.1, 0.15) is 24.9 Å². The third-order valence-electron chi connectivity index (χ3n) is 5.05. The van der Waals surface area contributed by atoms with Crippen molar-refractivity contribution in [3.8, 4) is 0 Å². The number of amides is 3. The van der Waals surface area contributed by atoms with E-state index < -0.39 is 0 Å². The number of nitrogens with two attached hydrogens (primary N) is 1. The third-order valence-corrected chi connectivity index (χ3v) is 5.05. The highest BCUT2D eigenvalue weighted by molar-refractivity contribution is 5.89. The third kappa shape index (κ3) is 4.86. The van der Waals surface area contributed by atoms with Crippen LogP contribution in [0.2, 0.25) is 0 Å². The number of nitrogens with one attached hydrogen (secondary N) is 2. The van der Waals surface area contributed by atoms with Crippen LogP contribution in [0.3, 0.4) is 0 Å². The van der Waals surface area contributed by atoms with E-state index >= 15 is 0 Å². The fourth-order valence-electron chi connectivity index (χ4n) is 3.37. The van der Waals surface area contributed by atoms with E-state index in [0.29, 0.717) is 25.2 Å². The maximum atomic E-state index is 12.9. The van der Waals surface area contributed by atoms with Crippen LogP contribution in [0.15, 0.2) is 54.6 Å². The highest BCUT2D eigenvalue weighted by atomic mass is 19.1. The van der Waals surface area contributed by atoms with Crippen LogP contribution in [0, 0.1) is 11.7 Å². The van der Waals surface area contributed by atoms with Gasteiger partial charge in [-0.05, 0) is 36.2 Å². The summed E-state index contributed by atoms with van der Waals surface area (Å²) < 4.78 is 12.9. The van der Waals surface area contributed by atoms with Gasteiger partial charge in [-0.25, -0.2) is 9.18 Å². The van der Waals surface area contributed by atoms with Crippen molar-refractivity contribution in [1.29, 1.82) is 0 Å². The zero-order valence-corrected chi connectivity index (χ0v) is 15.8. The van der Waals surface area contributed by atoms with Gasteiger partial charge < -0.3 is 21.3 Å². The highest BCUT2D eigenvalue weighted by Gasteiger charge is 2.32. The lowest BCUT2D eigenvalue weighted by atomic mass is 9.94. The van der Waals surface area contributed by atoms with Crippen molar-refractivity contribution < 1.29 is 14.0 Å². The lowest BCUT2D eigenvalue weighted by molar-refractivity contribution is -0.134. The number of hydrogen-bond acceptors (Lipinski definition) is 3. The van der Waals surface area contributed by atoms with Crippen molar-refractivity contribution in [3.05, 3.63) is 66.0 Å². The standard InChI is InChI=1S/C21H25FN4O2/c1-14(19(23)15-5-3-2-4-6-15)20(27)26-12-11-18(13-26)25-21(28)24-17-9-7-16(22)8-10-17/h2-10,14,18-19H,11-13,23H2,1H3,(H2,24,25,28). The van der Waals surface area contributed by atoms with E-state index in [1.807, 2.05) is 37.3 Å². The van der Waals surface area contributed by atoms with Gasteiger partial charge in [-0.2, -0.15) is 0 Å². The molecular formula is C21H25FN4O2. The van der Waals surface area contributed by atoms with E-state index in [0.717, 1.165) is 5.56 Å². The van der Waals surface area contributed by atoms with E-state index in [9.17, 15) is 14.0 Å². The number of likely N-dealkylation sites (tertiary alicyclic amines) is 1. The first-order chi connectivity index (χ1) is 13.4. The Hall–Kier alpha value is -2.93. The SMILES string of the molecule is CC(C(=O)N1CCC(NC(=O)Nc2ccc(F)cc2)C1)C(N)c1ccccc1. The molecule has 0 spiro atoms. The minimum atomic E-state index is -0.375. The van der Waals surface area contributed by atoms with Gasteiger partial charge in [-0.15, -0.1) is 0 Å². The number of nitrogens with zero attached hydrogens (tertiary/aromatic N) is 1. The molecule has 1 fully saturated rings. The summed E-state index contributed by atoms with van der Waals surface area (Å²) in [6.07, 6.45) is 0.676. The Kier molecular flexibility index (Phi) is 6.26. The maximum Gasteiger partial charge on any atom is 0.319 e. The first-order valence-electron chi connectivity index (χ1n) is 9.36. The maximum absolute atomic E-state index is 12.9. The summed E-state index contributed by atoms with van der Waals surface area (Å²) in [6, 6.07) is 14.2. The van der Waals surface area contributed by atoms with E-state index in [-0.39, 0.29) is 35.8 Å². The molecule has 2 aromatic rings. The molecule has 3 rings (SSSR count). The molecule has 3 unspecified atom stereocenters. The summed E-state index contributed by atoms with van der Waals surface area (Å²) >= 11 is 0. The minimum absolute atomic E-state index is 0.0143. The number of carbonyl (C=O) groups is 2. The number of hydrogen-bond donors (Lipinski definition) is 3. The molecule has 2 aromatic carbocycles. The quantitative estimate of drug-likeness (QED) is 0.741. The zero-order chi connectivity index (χ0) is 20.1. The predicted molar refractivity (Wildman–Crippen MR) is 106 cm³/mol. The summed E-state index contributed by atoms with van der Waals surface area (Å²) in [7, 11) is 0. The molecular weight excluding hydrogens is 359 g/mol. The first-order valence-corrected chi connectivity index (χ1v) is 9.36. The normalized spacial score (nSPS) is 18.4. The van der Waals surface area contributed by atoms with Gasteiger partial charge in [-0.1, -0.05) is 37.3 Å². The molecule has 1 aliphatic heterocycles. The second-order valence-corrected chi connectivity index (χ2v) is 7.10. The molecule has 0 radical (unpaired) electrons. The van der Waals surface area contributed by atoms with E-state index in [4.69, 9.17) is 5.73 Å². The highest BCUT2D eigenvalue weighted by Crippen LogP contribution is 2.23. The fraction of sp³-hybridized carbons (Fsp3) is 0.333. The van der Waals surface area contributed by atoms with Crippen LogP contribution in [-0.2, 0) is 4.79 Å². The largest absolute Gasteiger partial charge is 0.340 e. The molecule has 1 aliphatic rings. The Labute approximate surface area is 163 Å². The van der Waals surface area contributed by atoms with Crippen LogP contribution >= 0.6 is 0 Å². The van der Waals surface area contributed by atoms with E-state index in [1.165, 1.54) is 24.3 Å². The Morgan fingerprint density at radius 3 is 2.50 bits per heavy atom. The second kappa shape index (κ2) is 8.84. The lowest BCUT2D eigenvalue weighted by Crippen LogP contribution is -2.42. The number of anilines is 1. The summed E-state index contributed by atoms with van der Waals surface area (Å²) in [5, 5.41) is 5.52. The average molecular weight is 384 g/mol. The van der Waals surface area contributed by atoms with Gasteiger partial charge in [-0.3, -0.25) is 4.79 Å². The smallest absolute Gasteiger partial charge is 0.319 e. The Morgan fingerprint density at radius 1 is 1.14 bits per heavy atom. The molecule has 1 saturated heterocycles. The summed E-state index contributed by atoms with van der Waals surface area (Å²) in [5.41, 5.74) is 7.70. The average Bonchev–Trinajstić information content (AvgIpc) is 3.17. The van der Waals surface area contributed by atoms with Crippen LogP contribution in [0.4, 0.5) is 14.9 Å².